The molecule has 18 heavy (non-hydrogen) atoms. The second kappa shape index (κ2) is 4.52. The molecular formula is C14H19N3O. The van der Waals surface area contributed by atoms with E-state index in [9.17, 15) is 0 Å². The summed E-state index contributed by atoms with van der Waals surface area (Å²) in [6, 6.07) is 5.96. The average molecular weight is 245 g/mol. The molecule has 1 aromatic carbocycles. The SMILES string of the molecule is COc1ccc2c(c1)nc(N)n2CC1CCCC1. The lowest BCUT2D eigenvalue weighted by Gasteiger charge is -2.12. The summed E-state index contributed by atoms with van der Waals surface area (Å²) < 4.78 is 7.36. The van der Waals surface area contributed by atoms with E-state index in [1.807, 2.05) is 18.2 Å². The molecule has 0 aliphatic heterocycles. The molecule has 0 radical (unpaired) electrons. The van der Waals surface area contributed by atoms with E-state index < -0.39 is 0 Å². The van der Waals surface area contributed by atoms with Gasteiger partial charge in [0.2, 0.25) is 5.95 Å². The number of methoxy groups -OCH3 is 1. The highest BCUT2D eigenvalue weighted by Crippen LogP contribution is 2.29. The van der Waals surface area contributed by atoms with Gasteiger partial charge < -0.3 is 15.0 Å². The van der Waals surface area contributed by atoms with Crippen molar-refractivity contribution in [2.45, 2.75) is 32.2 Å². The van der Waals surface area contributed by atoms with Crippen LogP contribution in [0, 0.1) is 5.92 Å². The summed E-state index contributed by atoms with van der Waals surface area (Å²) in [6.45, 7) is 0.995. The molecule has 2 aromatic rings. The molecule has 4 nitrogen and oxygen atoms in total. The highest BCUT2D eigenvalue weighted by Gasteiger charge is 2.18. The fraction of sp³-hybridized carbons (Fsp3) is 0.500. The number of benzene rings is 1. The number of rotatable bonds is 3. The standard InChI is InChI=1S/C14H19N3O/c1-18-11-6-7-13-12(8-11)16-14(15)17(13)9-10-4-2-3-5-10/h6-8,10H,2-5,9H2,1H3,(H2,15,16). The van der Waals surface area contributed by atoms with Crippen LogP contribution in [0.4, 0.5) is 5.95 Å². The molecule has 0 amide bonds. The summed E-state index contributed by atoms with van der Waals surface area (Å²) in [7, 11) is 1.67. The monoisotopic (exact) mass is 245 g/mol. The van der Waals surface area contributed by atoms with Gasteiger partial charge in [-0.25, -0.2) is 4.98 Å². The lowest BCUT2D eigenvalue weighted by Crippen LogP contribution is -2.10. The quantitative estimate of drug-likeness (QED) is 0.904. The summed E-state index contributed by atoms with van der Waals surface area (Å²) in [4.78, 5) is 4.42. The van der Waals surface area contributed by atoms with E-state index in [1.165, 1.54) is 25.7 Å². The fourth-order valence-electron chi connectivity index (χ4n) is 2.90. The molecule has 0 unspecified atom stereocenters. The van der Waals surface area contributed by atoms with Gasteiger partial charge in [0.25, 0.3) is 0 Å². The van der Waals surface area contributed by atoms with Gasteiger partial charge in [-0.05, 0) is 30.9 Å². The lowest BCUT2D eigenvalue weighted by atomic mass is 10.1. The third-order valence-electron chi connectivity index (χ3n) is 3.90. The van der Waals surface area contributed by atoms with E-state index in [0.29, 0.717) is 5.95 Å². The minimum absolute atomic E-state index is 0.616. The first-order valence-corrected chi connectivity index (χ1v) is 6.57. The third-order valence-corrected chi connectivity index (χ3v) is 3.90. The normalized spacial score (nSPS) is 16.5. The molecule has 1 aliphatic carbocycles. The van der Waals surface area contributed by atoms with Crippen LogP contribution >= 0.6 is 0 Å². The van der Waals surface area contributed by atoms with E-state index in [0.717, 1.165) is 29.2 Å². The van der Waals surface area contributed by atoms with Gasteiger partial charge in [0.05, 0.1) is 18.1 Å². The zero-order valence-corrected chi connectivity index (χ0v) is 10.7. The molecule has 96 valence electrons. The minimum atomic E-state index is 0.616. The van der Waals surface area contributed by atoms with Crippen LogP contribution in [0.15, 0.2) is 18.2 Å². The molecule has 0 saturated heterocycles. The maximum atomic E-state index is 6.03. The molecule has 1 heterocycles. The Morgan fingerprint density at radius 1 is 1.39 bits per heavy atom. The van der Waals surface area contributed by atoms with Gasteiger partial charge in [0.1, 0.15) is 5.75 Å². The summed E-state index contributed by atoms with van der Waals surface area (Å²) in [5.74, 6) is 2.20. The summed E-state index contributed by atoms with van der Waals surface area (Å²) >= 11 is 0. The Kier molecular flexibility index (Phi) is 2.86. The molecular weight excluding hydrogens is 226 g/mol. The van der Waals surface area contributed by atoms with Crippen LogP contribution in [-0.2, 0) is 6.54 Å². The zero-order chi connectivity index (χ0) is 12.5. The van der Waals surface area contributed by atoms with Gasteiger partial charge in [-0.3, -0.25) is 0 Å². The summed E-state index contributed by atoms with van der Waals surface area (Å²) in [5, 5.41) is 0. The van der Waals surface area contributed by atoms with Crippen molar-refractivity contribution in [2.75, 3.05) is 12.8 Å². The number of anilines is 1. The topological polar surface area (TPSA) is 53.1 Å². The lowest BCUT2D eigenvalue weighted by molar-refractivity contribution is 0.415. The highest BCUT2D eigenvalue weighted by atomic mass is 16.5. The second-order valence-corrected chi connectivity index (χ2v) is 5.09. The summed E-state index contributed by atoms with van der Waals surface area (Å²) in [6.07, 6.45) is 5.33. The summed E-state index contributed by atoms with van der Waals surface area (Å²) in [5.41, 5.74) is 8.07. The van der Waals surface area contributed by atoms with E-state index in [-0.39, 0.29) is 0 Å². The number of nitrogen functional groups attached to an aromatic ring is 1. The van der Waals surface area contributed by atoms with Crippen LogP contribution < -0.4 is 10.5 Å². The number of ether oxygens (including phenoxy) is 1. The Morgan fingerprint density at radius 2 is 2.17 bits per heavy atom. The van der Waals surface area contributed by atoms with Gasteiger partial charge in [-0.2, -0.15) is 0 Å². The molecule has 1 fully saturated rings. The molecule has 0 spiro atoms. The zero-order valence-electron chi connectivity index (χ0n) is 10.7. The number of fused-ring (bicyclic) bond motifs is 1. The van der Waals surface area contributed by atoms with Gasteiger partial charge in [0, 0.05) is 12.6 Å². The van der Waals surface area contributed by atoms with Crippen molar-refractivity contribution in [2.24, 2.45) is 5.92 Å². The molecule has 2 N–H and O–H groups in total. The van der Waals surface area contributed by atoms with Crippen molar-refractivity contribution >= 4 is 17.0 Å². The maximum Gasteiger partial charge on any atom is 0.201 e. The number of nitrogens with two attached hydrogens (primary N) is 1. The molecule has 0 atom stereocenters. The van der Waals surface area contributed by atoms with Crippen molar-refractivity contribution in [3.05, 3.63) is 18.2 Å². The second-order valence-electron chi connectivity index (χ2n) is 5.09. The van der Waals surface area contributed by atoms with Gasteiger partial charge in [-0.15, -0.1) is 0 Å². The van der Waals surface area contributed by atoms with Crippen molar-refractivity contribution in [3.8, 4) is 5.75 Å². The number of hydrogen-bond donors (Lipinski definition) is 1. The fourth-order valence-corrected chi connectivity index (χ4v) is 2.90. The predicted octanol–water partition coefficient (Wildman–Crippen LogP) is 2.82. The number of hydrogen-bond acceptors (Lipinski definition) is 3. The molecule has 1 saturated carbocycles. The first-order chi connectivity index (χ1) is 8.78. The predicted molar refractivity (Wildman–Crippen MR) is 72.7 cm³/mol. The number of aromatic nitrogens is 2. The first kappa shape index (κ1) is 11.4. The van der Waals surface area contributed by atoms with Crippen LogP contribution in [0.5, 0.6) is 5.75 Å². The minimum Gasteiger partial charge on any atom is -0.497 e. The van der Waals surface area contributed by atoms with Crippen LogP contribution in [0.2, 0.25) is 0 Å². The van der Waals surface area contributed by atoms with Crippen molar-refractivity contribution in [3.63, 3.8) is 0 Å². The van der Waals surface area contributed by atoms with E-state index in [4.69, 9.17) is 10.5 Å². The Hall–Kier alpha value is -1.71. The van der Waals surface area contributed by atoms with Crippen LogP contribution in [0.3, 0.4) is 0 Å². The molecule has 4 heteroatoms. The third kappa shape index (κ3) is 1.92. The highest BCUT2D eigenvalue weighted by molar-refractivity contribution is 5.79. The number of imidazole rings is 1. The van der Waals surface area contributed by atoms with Crippen LogP contribution in [0.25, 0.3) is 11.0 Å². The van der Waals surface area contributed by atoms with Gasteiger partial charge in [0.15, 0.2) is 0 Å². The average Bonchev–Trinajstić information content (AvgIpc) is 2.98. The Morgan fingerprint density at radius 3 is 2.89 bits per heavy atom. The van der Waals surface area contributed by atoms with Crippen LogP contribution in [-0.4, -0.2) is 16.7 Å². The van der Waals surface area contributed by atoms with Crippen LogP contribution in [0.1, 0.15) is 25.7 Å². The van der Waals surface area contributed by atoms with Crippen molar-refractivity contribution in [1.29, 1.82) is 0 Å². The van der Waals surface area contributed by atoms with E-state index >= 15 is 0 Å². The Balaban J connectivity index is 1.97. The molecule has 1 aromatic heterocycles. The Labute approximate surface area is 107 Å². The first-order valence-electron chi connectivity index (χ1n) is 6.57. The maximum absolute atomic E-state index is 6.03. The van der Waals surface area contributed by atoms with Gasteiger partial charge in [-0.1, -0.05) is 12.8 Å². The number of nitrogens with zero attached hydrogens (tertiary/aromatic N) is 2. The molecule has 3 rings (SSSR count). The molecule has 0 bridgehead atoms. The molecule has 1 aliphatic rings. The van der Waals surface area contributed by atoms with Crippen molar-refractivity contribution < 1.29 is 4.74 Å². The van der Waals surface area contributed by atoms with Crippen molar-refractivity contribution in [1.82, 2.24) is 9.55 Å². The van der Waals surface area contributed by atoms with E-state index in [2.05, 4.69) is 9.55 Å². The largest absolute Gasteiger partial charge is 0.497 e. The Bertz CT molecular complexity index is 555. The van der Waals surface area contributed by atoms with Gasteiger partial charge >= 0.3 is 0 Å². The smallest absolute Gasteiger partial charge is 0.201 e. The van der Waals surface area contributed by atoms with E-state index in [1.54, 1.807) is 7.11 Å².